The Kier molecular flexibility index (Phi) is 24.4. The van der Waals surface area contributed by atoms with E-state index in [1.54, 1.807) is 60.8 Å². The third kappa shape index (κ3) is 16.7. The summed E-state index contributed by atoms with van der Waals surface area (Å²) in [4.78, 5) is 63.3. The number of nitrogens with zero attached hydrogens (tertiary/aromatic N) is 5. The fourth-order valence-corrected chi connectivity index (χ4v) is 12.1. The van der Waals surface area contributed by atoms with E-state index in [9.17, 15) is 19.2 Å². The number of ether oxygens (including phenoxy) is 10. The molecule has 21 nitrogen and oxygen atoms in total. The summed E-state index contributed by atoms with van der Waals surface area (Å²) in [7, 11) is 7.73. The molecule has 4 aromatic carbocycles. The second-order valence-electron chi connectivity index (χ2n) is 21.1. The van der Waals surface area contributed by atoms with Crippen molar-refractivity contribution in [1.82, 2.24) is 30.3 Å². The number of methoxy groups -OCH3 is 5. The van der Waals surface area contributed by atoms with Gasteiger partial charge in [0, 0.05) is 40.7 Å². The summed E-state index contributed by atoms with van der Waals surface area (Å²) in [6.07, 6.45) is 2.58. The first-order valence-electron chi connectivity index (χ1n) is 29.6. The second-order valence-corrected chi connectivity index (χ2v) is 22.8. The minimum atomic E-state index is -0.821. The van der Waals surface area contributed by atoms with E-state index in [1.807, 2.05) is 66.9 Å². The first-order valence-corrected chi connectivity index (χ1v) is 30.8. The molecule has 2 aromatic heterocycles. The molecule has 4 heterocycles. The molecule has 8 rings (SSSR count). The van der Waals surface area contributed by atoms with Gasteiger partial charge in [0.25, 0.3) is 5.91 Å². The van der Waals surface area contributed by atoms with Gasteiger partial charge in [0.05, 0.1) is 93.2 Å². The monoisotopic (exact) mass is 1250 g/mol. The van der Waals surface area contributed by atoms with Gasteiger partial charge in [-0.05, 0) is 130 Å². The molecular formula is C65H80ClN7O14S. The summed E-state index contributed by atoms with van der Waals surface area (Å²) in [5.41, 5.74) is 6.07. The molecule has 0 bridgehead atoms. The van der Waals surface area contributed by atoms with Crippen LogP contribution in [0, 0.1) is 20.8 Å². The van der Waals surface area contributed by atoms with E-state index in [-0.39, 0.29) is 50.5 Å². The number of carbonyl (C=O) groups is 4. The maximum absolute atomic E-state index is 14.6. The Labute approximate surface area is 523 Å². The van der Waals surface area contributed by atoms with Gasteiger partial charge in [0.15, 0.2) is 35.4 Å². The van der Waals surface area contributed by atoms with Crippen LogP contribution in [0.4, 0.5) is 0 Å². The summed E-state index contributed by atoms with van der Waals surface area (Å²) < 4.78 is 59.3. The molecule has 2 aliphatic heterocycles. The van der Waals surface area contributed by atoms with Crippen LogP contribution in [0.5, 0.6) is 34.5 Å². The Morgan fingerprint density at radius 3 is 2.06 bits per heavy atom. The topological polar surface area (TPSA) is 231 Å². The zero-order chi connectivity index (χ0) is 62.7. The van der Waals surface area contributed by atoms with E-state index in [0.29, 0.717) is 122 Å². The van der Waals surface area contributed by atoms with Gasteiger partial charge in [-0.25, -0.2) is 4.79 Å². The van der Waals surface area contributed by atoms with Crippen molar-refractivity contribution in [1.29, 1.82) is 0 Å². The van der Waals surface area contributed by atoms with E-state index in [0.717, 1.165) is 56.5 Å². The predicted octanol–water partition coefficient (Wildman–Crippen LogP) is 9.39. The standard InChI is InChI=1S/C65H80ClN7O14S/c1-10-49(46-36-55(80-7)61(82-9)56(37-46)81-8)63(76)72-27-12-11-16-51(72)65(77)87-52(23-17-43-18-24-53(78-5)54(34-43)79-6)45-14-13-15-48(35-45)86-39-58(75)68-26-29-84-31-33-85-32-30-83-28-25-67-57(74)38-50-62-71-70-42(4)73(62)64-59(40(2)41(3)88-64)60(69-50)44-19-21-47(66)22-20-44/h13-15,18-22,24,34-37,49-52H,10-12,16-17,23,25-33,38-39H2,1-9H3,(H,67,74)(H,68,75)/t49-,50-,51-,52+/m0/s1. The number of rotatable bonds is 32. The van der Waals surface area contributed by atoms with Gasteiger partial charge in [0.1, 0.15) is 34.8 Å². The smallest absolute Gasteiger partial charge is 0.329 e. The quantitative estimate of drug-likeness (QED) is 0.0296. The van der Waals surface area contributed by atoms with Gasteiger partial charge >= 0.3 is 5.97 Å². The van der Waals surface area contributed by atoms with Crippen LogP contribution in [0.25, 0.3) is 5.00 Å². The Morgan fingerprint density at radius 2 is 1.40 bits per heavy atom. The molecule has 0 unspecified atom stereocenters. The van der Waals surface area contributed by atoms with Crippen LogP contribution in [0.3, 0.4) is 0 Å². The van der Waals surface area contributed by atoms with Gasteiger partial charge in [-0.2, -0.15) is 0 Å². The van der Waals surface area contributed by atoms with E-state index in [1.165, 1.54) is 21.3 Å². The lowest BCUT2D eigenvalue weighted by molar-refractivity contribution is -0.162. The SMILES string of the molecule is CC[C@H](C(=O)N1CCCC[C@H]1C(=O)O[C@H](CCc1ccc(OC)c(OC)c1)c1cccc(OCC(=O)NCCOCCOCCOCCNC(=O)C[C@@H]2N=C(c3ccc(Cl)cc3)c3c(sc(C)c3C)-n3c(C)nnc32)c1)c1cc(OC)c(OC)c(OC)c1. The normalized spacial score (nSPS) is 15.2. The van der Waals surface area contributed by atoms with Crippen LogP contribution in [0.15, 0.2) is 83.9 Å². The molecule has 88 heavy (non-hydrogen) atoms. The van der Waals surface area contributed by atoms with E-state index in [2.05, 4.69) is 34.7 Å². The highest BCUT2D eigenvalue weighted by atomic mass is 35.5. The number of aryl methyl sites for hydroxylation is 3. The molecule has 472 valence electrons. The number of hydrogen-bond donors (Lipinski definition) is 2. The number of likely N-dealkylation sites (tertiary alicyclic amines) is 1. The zero-order valence-corrected chi connectivity index (χ0v) is 53.1. The largest absolute Gasteiger partial charge is 0.493 e. The van der Waals surface area contributed by atoms with Crippen LogP contribution < -0.4 is 39.1 Å². The molecule has 0 aliphatic carbocycles. The van der Waals surface area contributed by atoms with Gasteiger partial charge in [-0.3, -0.25) is 23.9 Å². The van der Waals surface area contributed by atoms with Crippen LogP contribution in [0.1, 0.15) is 113 Å². The third-order valence-electron chi connectivity index (χ3n) is 15.5. The summed E-state index contributed by atoms with van der Waals surface area (Å²) in [6.45, 7) is 10.5. The number of hydrogen-bond acceptors (Lipinski definition) is 18. The van der Waals surface area contributed by atoms with Crippen molar-refractivity contribution >= 4 is 52.3 Å². The molecule has 23 heteroatoms. The Bertz CT molecular complexity index is 3350. The van der Waals surface area contributed by atoms with Crippen molar-refractivity contribution in [2.45, 2.75) is 96.7 Å². The van der Waals surface area contributed by atoms with Crippen molar-refractivity contribution in [3.63, 3.8) is 0 Å². The Morgan fingerprint density at radius 1 is 0.727 bits per heavy atom. The lowest BCUT2D eigenvalue weighted by Crippen LogP contribution is -2.50. The number of halogens is 1. The highest BCUT2D eigenvalue weighted by molar-refractivity contribution is 7.15. The molecule has 6 aromatic rings. The van der Waals surface area contributed by atoms with Gasteiger partial charge < -0.3 is 62.9 Å². The molecule has 2 aliphatic rings. The first kappa shape index (κ1) is 66.2. The lowest BCUT2D eigenvalue weighted by Gasteiger charge is -2.37. The molecule has 2 N–H and O–H groups in total. The maximum Gasteiger partial charge on any atom is 0.329 e. The van der Waals surface area contributed by atoms with E-state index in [4.69, 9.17) is 64.0 Å². The van der Waals surface area contributed by atoms with Crippen molar-refractivity contribution in [3.05, 3.63) is 134 Å². The summed E-state index contributed by atoms with van der Waals surface area (Å²) in [5, 5.41) is 16.2. The summed E-state index contributed by atoms with van der Waals surface area (Å²) in [6, 6.07) is 22.5. The number of aliphatic imine (C=N–C) groups is 1. The van der Waals surface area contributed by atoms with E-state index < -0.39 is 30.1 Å². The van der Waals surface area contributed by atoms with Gasteiger partial charge in [-0.15, -0.1) is 21.5 Å². The van der Waals surface area contributed by atoms with Crippen molar-refractivity contribution < 1.29 is 66.5 Å². The second kappa shape index (κ2) is 32.5. The molecule has 0 spiro atoms. The number of nitrogens with one attached hydrogen (secondary N) is 2. The number of aromatic nitrogens is 3. The fraction of sp³-hybridized carbons (Fsp3) is 0.462. The molecule has 3 amide bonds. The van der Waals surface area contributed by atoms with Crippen LogP contribution in [-0.2, 0) is 44.5 Å². The number of thiophene rings is 1. The lowest BCUT2D eigenvalue weighted by atomic mass is 9.91. The fourth-order valence-electron chi connectivity index (χ4n) is 10.8. The average Bonchev–Trinajstić information content (AvgIpc) is 1.67. The van der Waals surface area contributed by atoms with Crippen molar-refractivity contribution in [2.24, 2.45) is 4.99 Å². The zero-order valence-electron chi connectivity index (χ0n) is 51.6. The van der Waals surface area contributed by atoms with Gasteiger partial charge in [-0.1, -0.05) is 48.9 Å². The molecule has 1 saturated heterocycles. The number of esters is 1. The minimum absolute atomic E-state index is 0.0699. The molecule has 4 atom stereocenters. The summed E-state index contributed by atoms with van der Waals surface area (Å²) in [5.74, 6) is 2.33. The average molecular weight is 1250 g/mol. The van der Waals surface area contributed by atoms with Crippen LogP contribution in [0.2, 0.25) is 5.02 Å². The number of piperidine rings is 1. The summed E-state index contributed by atoms with van der Waals surface area (Å²) >= 11 is 7.91. The third-order valence-corrected chi connectivity index (χ3v) is 16.9. The number of benzene rings is 4. The molecular weight excluding hydrogens is 1170 g/mol. The predicted molar refractivity (Wildman–Crippen MR) is 333 cm³/mol. The Hall–Kier alpha value is -7.76. The number of amides is 3. The number of carbonyl (C=O) groups excluding carboxylic acids is 4. The number of fused-ring (bicyclic) bond motifs is 3. The highest BCUT2D eigenvalue weighted by Crippen LogP contribution is 2.43. The van der Waals surface area contributed by atoms with E-state index >= 15 is 0 Å². The van der Waals surface area contributed by atoms with Crippen molar-refractivity contribution in [2.75, 3.05) is 101 Å². The highest BCUT2D eigenvalue weighted by Gasteiger charge is 2.39. The minimum Gasteiger partial charge on any atom is -0.493 e. The first-order chi connectivity index (χ1) is 42.7. The van der Waals surface area contributed by atoms with Crippen molar-refractivity contribution in [3.8, 4) is 39.5 Å². The van der Waals surface area contributed by atoms with Crippen LogP contribution >= 0.6 is 22.9 Å². The van der Waals surface area contributed by atoms with Gasteiger partial charge in [0.2, 0.25) is 17.6 Å². The maximum atomic E-state index is 14.6. The Balaban J connectivity index is 0.762. The molecule has 1 fully saturated rings. The molecule has 0 radical (unpaired) electrons. The molecule has 0 saturated carbocycles. The van der Waals surface area contributed by atoms with Crippen LogP contribution in [-0.4, -0.2) is 157 Å².